The minimum atomic E-state index is -0.506. The van der Waals surface area contributed by atoms with Gasteiger partial charge in [0.25, 0.3) is 5.56 Å². The smallest absolute Gasteiger partial charge is 0.407 e. The Hall–Kier alpha value is -1.83. The van der Waals surface area contributed by atoms with Gasteiger partial charge in [0.15, 0.2) is 0 Å². The number of nitrogens with zero attached hydrogens (tertiary/aromatic N) is 2. The number of carbonyl (C=O) groups excluding carboxylic acids is 1. The van der Waals surface area contributed by atoms with Crippen LogP contribution < -0.4 is 16.2 Å². The summed E-state index contributed by atoms with van der Waals surface area (Å²) in [6, 6.07) is 0. The van der Waals surface area contributed by atoms with Crippen molar-refractivity contribution in [1.82, 2.24) is 15.1 Å². The monoisotopic (exact) mass is 386 g/mol. The van der Waals surface area contributed by atoms with Crippen LogP contribution in [0.4, 0.5) is 10.5 Å². The van der Waals surface area contributed by atoms with E-state index in [4.69, 9.17) is 4.74 Å². The second kappa shape index (κ2) is 8.71. The first kappa shape index (κ1) is 19.2. The number of allylic oxidation sites excluding steroid dienone is 1. The van der Waals surface area contributed by atoms with Crippen molar-refractivity contribution in [3.05, 3.63) is 33.7 Å². The zero-order valence-corrected chi connectivity index (χ0v) is 15.3. The quantitative estimate of drug-likeness (QED) is 0.555. The van der Waals surface area contributed by atoms with Crippen molar-refractivity contribution in [3.63, 3.8) is 0 Å². The lowest BCUT2D eigenvalue weighted by atomic mass is 10.2. The molecule has 0 aliphatic rings. The van der Waals surface area contributed by atoms with Crippen molar-refractivity contribution < 1.29 is 9.53 Å². The number of aromatic nitrogens is 2. The minimum absolute atomic E-state index is 0.221. The molecule has 2 N–H and O–H groups in total. The van der Waals surface area contributed by atoms with Crippen LogP contribution in [0.3, 0.4) is 0 Å². The standard InChI is InChI=1S/C15H23BrN4O3/c1-5-9-20-13(21)12(16)11(10-19-20)17-7-6-8-18-14(22)23-15(2,3)4/h5,10,17H,1,6-9H2,2-4H3,(H,18,22). The van der Waals surface area contributed by atoms with E-state index in [0.29, 0.717) is 36.2 Å². The lowest BCUT2D eigenvalue weighted by Gasteiger charge is -2.19. The Balaban J connectivity index is 2.39. The molecule has 0 aromatic carbocycles. The van der Waals surface area contributed by atoms with Gasteiger partial charge >= 0.3 is 6.09 Å². The largest absolute Gasteiger partial charge is 0.444 e. The summed E-state index contributed by atoms with van der Waals surface area (Å²) >= 11 is 3.27. The van der Waals surface area contributed by atoms with E-state index in [1.807, 2.05) is 20.8 Å². The van der Waals surface area contributed by atoms with Crippen molar-refractivity contribution in [2.24, 2.45) is 0 Å². The van der Waals surface area contributed by atoms with Gasteiger partial charge in [-0.05, 0) is 43.1 Å². The molecule has 0 unspecified atom stereocenters. The number of ether oxygens (including phenoxy) is 1. The molecule has 0 spiro atoms. The van der Waals surface area contributed by atoms with Gasteiger partial charge in [-0.15, -0.1) is 6.58 Å². The number of amides is 1. The minimum Gasteiger partial charge on any atom is -0.444 e. The van der Waals surface area contributed by atoms with E-state index in [2.05, 4.69) is 38.2 Å². The first-order chi connectivity index (χ1) is 10.7. The van der Waals surface area contributed by atoms with Gasteiger partial charge in [-0.25, -0.2) is 9.48 Å². The zero-order chi connectivity index (χ0) is 17.5. The third-order valence-corrected chi connectivity index (χ3v) is 3.39. The lowest BCUT2D eigenvalue weighted by Crippen LogP contribution is -2.33. The van der Waals surface area contributed by atoms with Crippen molar-refractivity contribution in [2.45, 2.75) is 39.3 Å². The van der Waals surface area contributed by atoms with E-state index in [1.54, 1.807) is 12.3 Å². The molecule has 0 saturated heterocycles. The Labute approximate surface area is 144 Å². The van der Waals surface area contributed by atoms with Crippen LogP contribution in [0.5, 0.6) is 0 Å². The van der Waals surface area contributed by atoms with Crippen molar-refractivity contribution in [1.29, 1.82) is 0 Å². The number of nitrogens with one attached hydrogen (secondary N) is 2. The summed E-state index contributed by atoms with van der Waals surface area (Å²) in [5.74, 6) is 0. The van der Waals surface area contributed by atoms with Gasteiger partial charge in [0, 0.05) is 13.1 Å². The summed E-state index contributed by atoms with van der Waals surface area (Å²) in [7, 11) is 0. The number of alkyl carbamates (subject to hydrolysis) is 1. The fraction of sp³-hybridized carbons (Fsp3) is 0.533. The molecule has 23 heavy (non-hydrogen) atoms. The van der Waals surface area contributed by atoms with Gasteiger partial charge in [-0.3, -0.25) is 4.79 Å². The fourth-order valence-electron chi connectivity index (χ4n) is 1.66. The molecule has 1 aromatic rings. The molecular weight excluding hydrogens is 364 g/mol. The predicted octanol–water partition coefficient (Wildman–Crippen LogP) is 2.52. The highest BCUT2D eigenvalue weighted by Gasteiger charge is 2.15. The fourth-order valence-corrected chi connectivity index (χ4v) is 2.10. The average Bonchev–Trinajstić information content (AvgIpc) is 2.44. The van der Waals surface area contributed by atoms with E-state index in [9.17, 15) is 9.59 Å². The number of rotatable bonds is 7. The second-order valence-corrected chi connectivity index (χ2v) is 6.65. The van der Waals surface area contributed by atoms with E-state index < -0.39 is 11.7 Å². The second-order valence-electron chi connectivity index (χ2n) is 5.86. The zero-order valence-electron chi connectivity index (χ0n) is 13.7. The molecule has 0 atom stereocenters. The normalized spacial score (nSPS) is 11.0. The van der Waals surface area contributed by atoms with Gasteiger partial charge in [0.05, 0.1) is 18.4 Å². The van der Waals surface area contributed by atoms with Crippen LogP contribution >= 0.6 is 15.9 Å². The Bertz CT molecular complexity index is 608. The molecule has 1 aromatic heterocycles. The van der Waals surface area contributed by atoms with Crippen LogP contribution in [0.15, 0.2) is 28.1 Å². The van der Waals surface area contributed by atoms with E-state index in [-0.39, 0.29) is 5.56 Å². The first-order valence-corrected chi connectivity index (χ1v) is 8.11. The van der Waals surface area contributed by atoms with Gasteiger partial charge in [-0.1, -0.05) is 6.08 Å². The third kappa shape index (κ3) is 6.85. The third-order valence-electron chi connectivity index (χ3n) is 2.62. The molecule has 128 valence electrons. The number of halogens is 1. The lowest BCUT2D eigenvalue weighted by molar-refractivity contribution is 0.0528. The van der Waals surface area contributed by atoms with Crippen LogP contribution in [0.25, 0.3) is 0 Å². The van der Waals surface area contributed by atoms with E-state index in [0.717, 1.165) is 0 Å². The molecule has 1 heterocycles. The summed E-state index contributed by atoms with van der Waals surface area (Å²) in [6.07, 6.45) is 3.43. The summed E-state index contributed by atoms with van der Waals surface area (Å²) in [5.41, 5.74) is -0.108. The Kier molecular flexibility index (Phi) is 7.28. The van der Waals surface area contributed by atoms with E-state index >= 15 is 0 Å². The highest BCUT2D eigenvalue weighted by Crippen LogP contribution is 2.15. The molecule has 7 nitrogen and oxygen atoms in total. The molecule has 0 aliphatic carbocycles. The van der Waals surface area contributed by atoms with Gasteiger partial charge in [0.2, 0.25) is 0 Å². The van der Waals surface area contributed by atoms with E-state index in [1.165, 1.54) is 4.68 Å². The van der Waals surface area contributed by atoms with Gasteiger partial charge in [0.1, 0.15) is 10.1 Å². The summed E-state index contributed by atoms with van der Waals surface area (Å²) in [6.45, 7) is 10.4. The van der Waals surface area contributed by atoms with Crippen LogP contribution in [-0.4, -0.2) is 34.6 Å². The van der Waals surface area contributed by atoms with Crippen LogP contribution in [-0.2, 0) is 11.3 Å². The Morgan fingerprint density at radius 3 is 2.78 bits per heavy atom. The highest BCUT2D eigenvalue weighted by atomic mass is 79.9. The van der Waals surface area contributed by atoms with Gasteiger partial charge in [-0.2, -0.15) is 5.10 Å². The summed E-state index contributed by atoms with van der Waals surface area (Å²) in [4.78, 5) is 23.4. The number of carbonyl (C=O) groups is 1. The first-order valence-electron chi connectivity index (χ1n) is 7.32. The molecule has 0 bridgehead atoms. The van der Waals surface area contributed by atoms with Crippen LogP contribution in [0.1, 0.15) is 27.2 Å². The van der Waals surface area contributed by atoms with Gasteiger partial charge < -0.3 is 15.4 Å². The van der Waals surface area contributed by atoms with Crippen LogP contribution in [0.2, 0.25) is 0 Å². The van der Waals surface area contributed by atoms with Crippen molar-refractivity contribution >= 4 is 27.7 Å². The molecule has 1 amide bonds. The summed E-state index contributed by atoms with van der Waals surface area (Å²) < 4.78 is 6.87. The van der Waals surface area contributed by atoms with Crippen molar-refractivity contribution in [2.75, 3.05) is 18.4 Å². The maximum atomic E-state index is 12.0. The van der Waals surface area contributed by atoms with Crippen LogP contribution in [0, 0.1) is 0 Å². The number of hydrogen-bond acceptors (Lipinski definition) is 5. The molecule has 0 aliphatic heterocycles. The topological polar surface area (TPSA) is 85.2 Å². The molecule has 0 radical (unpaired) electrons. The maximum absolute atomic E-state index is 12.0. The Morgan fingerprint density at radius 1 is 1.48 bits per heavy atom. The average molecular weight is 387 g/mol. The molecule has 0 fully saturated rings. The highest BCUT2D eigenvalue weighted by molar-refractivity contribution is 9.10. The predicted molar refractivity (Wildman–Crippen MR) is 93.7 cm³/mol. The van der Waals surface area contributed by atoms with Crippen molar-refractivity contribution in [3.8, 4) is 0 Å². The SMILES string of the molecule is C=CCn1ncc(NCCCNC(=O)OC(C)(C)C)c(Br)c1=O. The molecular formula is C15H23BrN4O3. The molecule has 0 saturated carbocycles. The number of hydrogen-bond donors (Lipinski definition) is 2. The molecule has 1 rings (SSSR count). The number of anilines is 1. The molecule has 8 heteroatoms. The summed E-state index contributed by atoms with van der Waals surface area (Å²) in [5, 5.41) is 9.82. The Morgan fingerprint density at radius 2 is 2.17 bits per heavy atom. The maximum Gasteiger partial charge on any atom is 0.407 e.